The minimum atomic E-state index is -0.173. The Morgan fingerprint density at radius 1 is 1.07 bits per heavy atom. The molecule has 0 saturated heterocycles. The average Bonchev–Trinajstić information content (AvgIpc) is 2.96. The second-order valence-corrected chi connectivity index (χ2v) is 9.73. The Balaban J connectivity index is 1.88. The van der Waals surface area contributed by atoms with Crippen molar-refractivity contribution in [3.05, 3.63) is 53.7 Å². The zero-order valence-corrected chi connectivity index (χ0v) is 24.7. The zero-order valence-electron chi connectivity index (χ0n) is 24.7. The predicted octanol–water partition coefficient (Wildman–Crippen LogP) is 3.91. The first-order chi connectivity index (χ1) is 19.9. The maximum atomic E-state index is 12.5. The van der Waals surface area contributed by atoms with Crippen LogP contribution in [0.3, 0.4) is 0 Å². The van der Waals surface area contributed by atoms with Crippen LogP contribution in [0, 0.1) is 23.2 Å². The smallest absolute Gasteiger partial charge is 0.246 e. The first-order valence-corrected chi connectivity index (χ1v) is 14.1. The first kappa shape index (κ1) is 32.8. The predicted molar refractivity (Wildman–Crippen MR) is 164 cm³/mol. The number of likely N-dealkylation sites (N-methyl/N-ethyl adjacent to an activating group) is 1. The minimum absolute atomic E-state index is 0.0451. The Kier molecular flexibility index (Phi) is 15.0. The molecule has 10 nitrogen and oxygen atoms in total. The van der Waals surface area contributed by atoms with Crippen molar-refractivity contribution in [3.63, 3.8) is 0 Å². The van der Waals surface area contributed by atoms with E-state index in [1.54, 1.807) is 41.4 Å². The summed E-state index contributed by atoms with van der Waals surface area (Å²) in [5, 5.41) is 18.3. The fourth-order valence-electron chi connectivity index (χ4n) is 3.55. The van der Waals surface area contributed by atoms with E-state index in [4.69, 9.17) is 5.26 Å². The van der Waals surface area contributed by atoms with Crippen molar-refractivity contribution < 1.29 is 9.59 Å². The zero-order chi connectivity index (χ0) is 29.9. The molecule has 3 N–H and O–H groups in total. The third-order valence-electron chi connectivity index (χ3n) is 5.78. The van der Waals surface area contributed by atoms with Gasteiger partial charge in [0.05, 0.1) is 29.9 Å². The monoisotopic (exact) mass is 558 g/mol. The number of carbonyl (C=O) groups excluding carboxylic acids is 2. The lowest BCUT2D eigenvalue weighted by Gasteiger charge is -2.20. The summed E-state index contributed by atoms with van der Waals surface area (Å²) < 4.78 is 0. The normalized spacial score (nSPS) is 10.5. The van der Waals surface area contributed by atoms with E-state index in [9.17, 15) is 9.59 Å². The fraction of sp³-hybridized carbons (Fsp3) is 0.452. The summed E-state index contributed by atoms with van der Waals surface area (Å²) in [7, 11) is 3.87. The number of benzene rings is 1. The maximum Gasteiger partial charge on any atom is 0.246 e. The highest BCUT2D eigenvalue weighted by Gasteiger charge is 2.14. The summed E-state index contributed by atoms with van der Waals surface area (Å²) in [5.41, 5.74) is 2.06. The van der Waals surface area contributed by atoms with Gasteiger partial charge >= 0.3 is 0 Å². The lowest BCUT2D eigenvalue weighted by atomic mass is 10.2. The summed E-state index contributed by atoms with van der Waals surface area (Å²) in [6, 6.07) is 9.17. The average molecular weight is 559 g/mol. The van der Waals surface area contributed by atoms with Gasteiger partial charge in [-0.1, -0.05) is 38.2 Å². The van der Waals surface area contributed by atoms with Gasteiger partial charge in [-0.3, -0.25) is 9.59 Å². The number of carbonyl (C=O) groups is 2. The van der Waals surface area contributed by atoms with E-state index in [-0.39, 0.29) is 18.4 Å². The van der Waals surface area contributed by atoms with Gasteiger partial charge in [0.1, 0.15) is 5.82 Å². The van der Waals surface area contributed by atoms with Gasteiger partial charge < -0.3 is 25.8 Å². The van der Waals surface area contributed by atoms with Crippen LogP contribution in [0.25, 0.3) is 0 Å². The van der Waals surface area contributed by atoms with Gasteiger partial charge in [0.25, 0.3) is 0 Å². The van der Waals surface area contributed by atoms with Crippen molar-refractivity contribution in [2.75, 3.05) is 57.5 Å². The Morgan fingerprint density at radius 2 is 1.85 bits per heavy atom. The molecule has 0 fully saturated rings. The number of rotatable bonds is 16. The highest BCUT2D eigenvalue weighted by atomic mass is 16.2. The SMILES string of the molecule is CCCCN(CC(=O)NCCCC#Cc1cnc(Nc2ccc(C#N)cc2)nc1NCCC)C(=O)/C=C/CN(C)C. The number of hydrogen-bond donors (Lipinski definition) is 3. The largest absolute Gasteiger partial charge is 0.369 e. The van der Waals surface area contributed by atoms with Crippen LogP contribution in [-0.2, 0) is 9.59 Å². The summed E-state index contributed by atoms with van der Waals surface area (Å²) >= 11 is 0. The molecule has 0 unspecified atom stereocenters. The number of nitriles is 1. The summed E-state index contributed by atoms with van der Waals surface area (Å²) in [5.74, 6) is 7.04. The molecule has 1 aromatic carbocycles. The minimum Gasteiger partial charge on any atom is -0.369 e. The molecule has 0 radical (unpaired) electrons. The molecule has 41 heavy (non-hydrogen) atoms. The number of nitrogens with one attached hydrogen (secondary N) is 3. The topological polar surface area (TPSA) is 126 Å². The van der Waals surface area contributed by atoms with Crippen molar-refractivity contribution >= 4 is 29.3 Å². The van der Waals surface area contributed by atoms with Crippen LogP contribution in [-0.4, -0.2) is 78.4 Å². The van der Waals surface area contributed by atoms with E-state index in [2.05, 4.69) is 57.7 Å². The number of hydrogen-bond acceptors (Lipinski definition) is 8. The second-order valence-electron chi connectivity index (χ2n) is 9.73. The highest BCUT2D eigenvalue weighted by Crippen LogP contribution is 2.18. The molecule has 0 aliphatic rings. The lowest BCUT2D eigenvalue weighted by Crippen LogP contribution is -2.40. The Labute approximate surface area is 244 Å². The molecular weight excluding hydrogens is 516 g/mol. The molecule has 2 aromatic rings. The Morgan fingerprint density at radius 3 is 2.54 bits per heavy atom. The van der Waals surface area contributed by atoms with E-state index in [1.807, 2.05) is 25.1 Å². The first-order valence-electron chi connectivity index (χ1n) is 14.1. The van der Waals surface area contributed by atoms with Crippen LogP contribution < -0.4 is 16.0 Å². The summed E-state index contributed by atoms with van der Waals surface area (Å²) in [6.07, 6.45) is 9.03. The molecule has 218 valence electrons. The van der Waals surface area contributed by atoms with Gasteiger partial charge in [-0.2, -0.15) is 10.2 Å². The molecule has 0 bridgehead atoms. The number of nitrogens with zero attached hydrogens (tertiary/aromatic N) is 5. The third-order valence-corrected chi connectivity index (χ3v) is 5.78. The summed E-state index contributed by atoms with van der Waals surface area (Å²) in [4.78, 5) is 37.5. The van der Waals surface area contributed by atoms with E-state index in [1.165, 1.54) is 0 Å². The number of anilines is 3. The van der Waals surface area contributed by atoms with E-state index in [0.717, 1.165) is 31.5 Å². The molecule has 0 saturated carbocycles. The van der Waals surface area contributed by atoms with Crippen LogP contribution in [0.5, 0.6) is 0 Å². The lowest BCUT2D eigenvalue weighted by molar-refractivity contribution is -0.132. The second kappa shape index (κ2) is 18.8. The fourth-order valence-corrected chi connectivity index (χ4v) is 3.55. The van der Waals surface area contributed by atoms with E-state index in [0.29, 0.717) is 55.4 Å². The van der Waals surface area contributed by atoms with Gasteiger partial charge in [0, 0.05) is 44.4 Å². The standard InChI is InChI=1S/C31H42N8O2/c1-5-7-21-39(29(41)13-11-20-38(3)4)24-28(40)33-19-10-8-9-12-26-23-35-31(37-30(26)34-18-6-2)36-27-16-14-25(22-32)15-17-27/h11,13-17,23H,5-8,10,18-21,24H2,1-4H3,(H,33,40)(H2,34,35,36,37)/b13-11+. The van der Waals surface area contributed by atoms with Crippen LogP contribution in [0.15, 0.2) is 42.6 Å². The van der Waals surface area contributed by atoms with Crippen LogP contribution >= 0.6 is 0 Å². The molecule has 2 amide bonds. The quantitative estimate of drug-likeness (QED) is 0.161. The van der Waals surface area contributed by atoms with Gasteiger partial charge in [0.15, 0.2) is 0 Å². The Hall–Kier alpha value is -4.41. The number of aromatic nitrogens is 2. The van der Waals surface area contributed by atoms with Crippen LogP contribution in [0.2, 0.25) is 0 Å². The van der Waals surface area contributed by atoms with Crippen LogP contribution in [0.4, 0.5) is 17.5 Å². The molecule has 2 rings (SSSR count). The van der Waals surface area contributed by atoms with Crippen molar-refractivity contribution in [2.24, 2.45) is 0 Å². The summed E-state index contributed by atoms with van der Waals surface area (Å²) in [6.45, 7) is 6.63. The van der Waals surface area contributed by atoms with Gasteiger partial charge in [-0.05, 0) is 57.6 Å². The Bertz CT molecular complexity index is 1240. The van der Waals surface area contributed by atoms with Crippen molar-refractivity contribution in [2.45, 2.75) is 46.0 Å². The van der Waals surface area contributed by atoms with Crippen LogP contribution in [0.1, 0.15) is 57.1 Å². The molecule has 0 aliphatic carbocycles. The molecule has 1 aromatic heterocycles. The molecular formula is C31H42N8O2. The number of unbranched alkanes of at least 4 members (excludes halogenated alkanes) is 2. The highest BCUT2D eigenvalue weighted by molar-refractivity contribution is 5.91. The molecule has 0 aliphatic heterocycles. The van der Waals surface area contributed by atoms with Gasteiger partial charge in [0.2, 0.25) is 17.8 Å². The number of amides is 2. The maximum absolute atomic E-state index is 12.5. The van der Waals surface area contributed by atoms with Crippen molar-refractivity contribution in [3.8, 4) is 17.9 Å². The van der Waals surface area contributed by atoms with Gasteiger partial charge in [-0.15, -0.1) is 0 Å². The van der Waals surface area contributed by atoms with Gasteiger partial charge in [-0.25, -0.2) is 4.98 Å². The molecule has 0 atom stereocenters. The molecule has 0 spiro atoms. The third kappa shape index (κ3) is 13.0. The van der Waals surface area contributed by atoms with E-state index >= 15 is 0 Å². The molecule has 1 heterocycles. The van der Waals surface area contributed by atoms with Crippen molar-refractivity contribution in [1.29, 1.82) is 5.26 Å². The van der Waals surface area contributed by atoms with E-state index < -0.39 is 0 Å². The molecule has 10 heteroatoms. The van der Waals surface area contributed by atoms with Crippen molar-refractivity contribution in [1.82, 2.24) is 25.1 Å².